The second-order valence-corrected chi connectivity index (χ2v) is 7.54. The van der Waals surface area contributed by atoms with E-state index < -0.39 is 16.0 Å². The van der Waals surface area contributed by atoms with Crippen LogP contribution in [0.5, 0.6) is 0 Å². The normalized spacial score (nSPS) is 16.3. The summed E-state index contributed by atoms with van der Waals surface area (Å²) in [6.45, 7) is 4.11. The number of nitrogen functional groups attached to an aromatic ring is 1. The first kappa shape index (κ1) is 17.6. The molecule has 0 aromatic heterocycles. The number of carbonyl (C=O) groups excluding carboxylic acids is 1. The van der Waals surface area contributed by atoms with Crippen molar-refractivity contribution in [2.24, 2.45) is 0 Å². The van der Waals surface area contributed by atoms with Crippen molar-refractivity contribution in [3.63, 3.8) is 0 Å². The van der Waals surface area contributed by atoms with Gasteiger partial charge >= 0.3 is 5.97 Å². The van der Waals surface area contributed by atoms with Crippen molar-refractivity contribution >= 4 is 27.4 Å². The number of sulfonamides is 1. The minimum absolute atomic E-state index is 0.356. The molecule has 7 nitrogen and oxygen atoms in total. The second kappa shape index (κ2) is 7.18. The third kappa shape index (κ3) is 4.35. The molecule has 1 saturated heterocycles. The van der Waals surface area contributed by atoms with Crippen LogP contribution in [0.25, 0.3) is 0 Å². The molecule has 23 heavy (non-hydrogen) atoms. The van der Waals surface area contributed by atoms with E-state index in [1.54, 1.807) is 18.2 Å². The number of ether oxygens (including phenoxy) is 1. The molecule has 1 aromatic carbocycles. The molecule has 1 aromatic rings. The van der Waals surface area contributed by atoms with Crippen LogP contribution in [0.2, 0.25) is 0 Å². The Labute approximate surface area is 137 Å². The minimum atomic E-state index is -3.18. The summed E-state index contributed by atoms with van der Waals surface area (Å²) < 4.78 is 29.8. The molecular weight excluding hydrogens is 318 g/mol. The topological polar surface area (TPSA) is 92.9 Å². The Morgan fingerprint density at radius 1 is 1.26 bits per heavy atom. The zero-order chi connectivity index (χ0) is 17.0. The molecule has 1 heterocycles. The first-order valence-electron chi connectivity index (χ1n) is 7.59. The molecule has 0 bridgehead atoms. The van der Waals surface area contributed by atoms with Crippen molar-refractivity contribution in [2.75, 3.05) is 49.7 Å². The lowest BCUT2D eigenvalue weighted by Crippen LogP contribution is -2.48. The van der Waals surface area contributed by atoms with Gasteiger partial charge in [0.1, 0.15) is 0 Å². The number of piperazine rings is 1. The van der Waals surface area contributed by atoms with Crippen molar-refractivity contribution in [3.8, 4) is 0 Å². The van der Waals surface area contributed by atoms with E-state index in [1.807, 2.05) is 11.8 Å². The molecule has 0 radical (unpaired) electrons. The maximum atomic E-state index is 12.2. The van der Waals surface area contributed by atoms with Gasteiger partial charge in [-0.2, -0.15) is 4.31 Å². The monoisotopic (exact) mass is 341 g/mol. The Morgan fingerprint density at radius 2 is 1.91 bits per heavy atom. The van der Waals surface area contributed by atoms with E-state index in [0.29, 0.717) is 44.0 Å². The molecular formula is C15H23N3O4S. The Hall–Kier alpha value is -1.80. The number of benzene rings is 1. The summed E-state index contributed by atoms with van der Waals surface area (Å²) in [4.78, 5) is 14.2. The van der Waals surface area contributed by atoms with E-state index in [4.69, 9.17) is 10.5 Å². The summed E-state index contributed by atoms with van der Waals surface area (Å²) in [5, 5.41) is 0. The fraction of sp³-hybridized carbons (Fsp3) is 0.533. The van der Waals surface area contributed by atoms with Crippen LogP contribution in [0, 0.1) is 0 Å². The van der Waals surface area contributed by atoms with Crippen LogP contribution < -0.4 is 10.6 Å². The van der Waals surface area contributed by atoms with E-state index >= 15 is 0 Å². The quantitative estimate of drug-likeness (QED) is 0.632. The Bertz CT molecular complexity index is 667. The van der Waals surface area contributed by atoms with E-state index in [-0.39, 0.29) is 0 Å². The van der Waals surface area contributed by atoms with Gasteiger partial charge in [0, 0.05) is 31.9 Å². The predicted molar refractivity (Wildman–Crippen MR) is 90.1 cm³/mol. The molecule has 0 unspecified atom stereocenters. The van der Waals surface area contributed by atoms with Crippen LogP contribution in [0.15, 0.2) is 18.2 Å². The van der Waals surface area contributed by atoms with Gasteiger partial charge in [-0.1, -0.05) is 6.92 Å². The maximum Gasteiger partial charge on any atom is 0.340 e. The third-order valence-corrected chi connectivity index (χ3v) is 5.03. The number of rotatable bonds is 5. The van der Waals surface area contributed by atoms with E-state index in [9.17, 15) is 13.2 Å². The molecule has 1 aliphatic heterocycles. The standard InChI is InChI=1S/C15H23N3O4S/c1-3-10-22-15(19)13-11-12(16)4-5-14(13)17-6-8-18(9-7-17)23(2,20)21/h4-5,11H,3,6-10,16H2,1-2H3. The molecule has 0 aliphatic carbocycles. The molecule has 1 aliphatic rings. The van der Waals surface area contributed by atoms with E-state index in [2.05, 4.69) is 0 Å². The lowest BCUT2D eigenvalue weighted by Gasteiger charge is -2.35. The molecule has 8 heteroatoms. The minimum Gasteiger partial charge on any atom is -0.462 e. The van der Waals surface area contributed by atoms with E-state index in [1.165, 1.54) is 10.6 Å². The highest BCUT2D eigenvalue weighted by molar-refractivity contribution is 7.88. The summed E-state index contributed by atoms with van der Waals surface area (Å²) in [6, 6.07) is 5.12. The fourth-order valence-corrected chi connectivity index (χ4v) is 3.35. The zero-order valence-corrected chi connectivity index (χ0v) is 14.3. The van der Waals surface area contributed by atoms with Crippen molar-refractivity contribution in [1.82, 2.24) is 4.31 Å². The Balaban J connectivity index is 2.18. The predicted octanol–water partition coefficient (Wildman–Crippen LogP) is 0.917. The number of esters is 1. The van der Waals surface area contributed by atoms with Crippen molar-refractivity contribution < 1.29 is 17.9 Å². The molecule has 0 spiro atoms. The van der Waals surface area contributed by atoms with Gasteiger partial charge in [0.2, 0.25) is 10.0 Å². The molecule has 0 atom stereocenters. The van der Waals surface area contributed by atoms with Crippen LogP contribution in [-0.2, 0) is 14.8 Å². The maximum absolute atomic E-state index is 12.2. The number of hydrogen-bond acceptors (Lipinski definition) is 6. The Morgan fingerprint density at radius 3 is 2.48 bits per heavy atom. The molecule has 2 rings (SSSR count). The molecule has 2 N–H and O–H groups in total. The lowest BCUT2D eigenvalue weighted by atomic mass is 10.1. The highest BCUT2D eigenvalue weighted by atomic mass is 32.2. The van der Waals surface area contributed by atoms with Crippen molar-refractivity contribution in [2.45, 2.75) is 13.3 Å². The number of hydrogen-bond donors (Lipinski definition) is 1. The molecule has 0 saturated carbocycles. The average Bonchev–Trinajstić information content (AvgIpc) is 2.52. The fourth-order valence-electron chi connectivity index (χ4n) is 2.53. The number of nitrogens with zero attached hydrogens (tertiary/aromatic N) is 2. The lowest BCUT2D eigenvalue weighted by molar-refractivity contribution is 0.0505. The number of carbonyl (C=O) groups is 1. The van der Waals surface area contributed by atoms with Crippen LogP contribution in [0.4, 0.5) is 11.4 Å². The van der Waals surface area contributed by atoms with Gasteiger partial charge in [-0.25, -0.2) is 13.2 Å². The number of anilines is 2. The van der Waals surface area contributed by atoms with E-state index in [0.717, 1.165) is 12.1 Å². The summed E-state index contributed by atoms with van der Waals surface area (Å²) in [6.07, 6.45) is 1.95. The van der Waals surface area contributed by atoms with Crippen LogP contribution >= 0.6 is 0 Å². The highest BCUT2D eigenvalue weighted by Crippen LogP contribution is 2.25. The van der Waals surface area contributed by atoms with Gasteiger partial charge in [0.05, 0.1) is 24.1 Å². The molecule has 1 fully saturated rings. The van der Waals surface area contributed by atoms with Crippen molar-refractivity contribution in [3.05, 3.63) is 23.8 Å². The van der Waals surface area contributed by atoms with Crippen molar-refractivity contribution in [1.29, 1.82) is 0 Å². The number of nitrogens with two attached hydrogens (primary N) is 1. The summed E-state index contributed by atoms with van der Waals surface area (Å²) >= 11 is 0. The van der Waals surface area contributed by atoms with Crippen LogP contribution in [0.1, 0.15) is 23.7 Å². The summed E-state index contributed by atoms with van der Waals surface area (Å²) in [7, 11) is -3.18. The van der Waals surface area contributed by atoms with Gasteiger partial charge in [-0.3, -0.25) is 0 Å². The smallest absolute Gasteiger partial charge is 0.340 e. The van der Waals surface area contributed by atoms with Crippen LogP contribution in [0.3, 0.4) is 0 Å². The second-order valence-electron chi connectivity index (χ2n) is 5.56. The molecule has 128 valence electrons. The van der Waals surface area contributed by atoms with Gasteiger partial charge in [0.25, 0.3) is 0 Å². The average molecular weight is 341 g/mol. The highest BCUT2D eigenvalue weighted by Gasteiger charge is 2.26. The van der Waals surface area contributed by atoms with Gasteiger partial charge in [0.15, 0.2) is 0 Å². The van der Waals surface area contributed by atoms with Gasteiger partial charge < -0.3 is 15.4 Å². The summed E-state index contributed by atoms with van der Waals surface area (Å²) in [5.41, 5.74) is 7.43. The van der Waals surface area contributed by atoms with Crippen LogP contribution in [-0.4, -0.2) is 57.7 Å². The van der Waals surface area contributed by atoms with Gasteiger partial charge in [-0.15, -0.1) is 0 Å². The first-order valence-corrected chi connectivity index (χ1v) is 9.44. The SMILES string of the molecule is CCCOC(=O)c1cc(N)ccc1N1CCN(S(C)(=O)=O)CC1. The largest absolute Gasteiger partial charge is 0.462 e. The summed E-state index contributed by atoms with van der Waals surface area (Å²) in [5.74, 6) is -0.403. The molecule has 0 amide bonds. The Kier molecular flexibility index (Phi) is 5.48. The van der Waals surface area contributed by atoms with Gasteiger partial charge in [-0.05, 0) is 24.6 Å². The third-order valence-electron chi connectivity index (χ3n) is 3.73. The first-order chi connectivity index (χ1) is 10.8. The zero-order valence-electron chi connectivity index (χ0n) is 13.5.